The van der Waals surface area contributed by atoms with Crippen molar-refractivity contribution in [2.24, 2.45) is 0 Å². The summed E-state index contributed by atoms with van der Waals surface area (Å²) in [5.41, 5.74) is 0.633. The molecule has 100 valence electrons. The summed E-state index contributed by atoms with van der Waals surface area (Å²) in [4.78, 5) is 23.0. The highest BCUT2D eigenvalue weighted by Gasteiger charge is 2.33. The first-order valence-electron chi connectivity index (χ1n) is 6.07. The first kappa shape index (κ1) is 13.1. The maximum atomic E-state index is 11.2. The summed E-state index contributed by atoms with van der Waals surface area (Å²) in [6, 6.07) is -0.200. The van der Waals surface area contributed by atoms with Crippen LogP contribution >= 0.6 is 0 Å². The molecule has 2 atom stereocenters. The molecule has 0 spiro atoms. The number of terminal acetylenes is 1. The van der Waals surface area contributed by atoms with Crippen molar-refractivity contribution in [1.82, 2.24) is 14.9 Å². The highest BCUT2D eigenvalue weighted by atomic mass is 16.4. The van der Waals surface area contributed by atoms with E-state index in [2.05, 4.69) is 15.9 Å². The topological polar surface area (TPSA) is 69.6 Å². The predicted molar refractivity (Wildman–Crippen MR) is 71.0 cm³/mol. The zero-order chi connectivity index (χ0) is 14.0. The van der Waals surface area contributed by atoms with Crippen LogP contribution in [0.1, 0.15) is 19.4 Å². The second-order valence-electron chi connectivity index (χ2n) is 4.71. The maximum Gasteiger partial charge on any atom is 0.407 e. The molecule has 1 fully saturated rings. The molecule has 6 nitrogen and oxygen atoms in total. The molecule has 2 rings (SSSR count). The van der Waals surface area contributed by atoms with Crippen LogP contribution in [0.5, 0.6) is 0 Å². The molecule has 0 aromatic carbocycles. The Morgan fingerprint density at radius 2 is 1.89 bits per heavy atom. The number of piperazine rings is 1. The highest BCUT2D eigenvalue weighted by Crippen LogP contribution is 2.19. The van der Waals surface area contributed by atoms with E-state index in [1.54, 1.807) is 12.4 Å². The van der Waals surface area contributed by atoms with Crippen LogP contribution in [0, 0.1) is 12.3 Å². The normalized spacial score (nSPS) is 23.0. The van der Waals surface area contributed by atoms with E-state index >= 15 is 0 Å². The first-order valence-corrected chi connectivity index (χ1v) is 6.07. The number of rotatable bonds is 1. The Kier molecular flexibility index (Phi) is 3.56. The molecule has 1 amide bonds. The van der Waals surface area contributed by atoms with E-state index in [4.69, 9.17) is 11.5 Å². The molecule has 2 heterocycles. The van der Waals surface area contributed by atoms with E-state index in [-0.39, 0.29) is 12.1 Å². The number of hydrogen-bond acceptors (Lipinski definition) is 4. The Balaban J connectivity index is 2.15. The van der Waals surface area contributed by atoms with Crippen LogP contribution in [0.2, 0.25) is 0 Å². The average Bonchev–Trinajstić information content (AvgIpc) is 2.37. The van der Waals surface area contributed by atoms with Crippen LogP contribution in [0.15, 0.2) is 12.4 Å². The first-order chi connectivity index (χ1) is 9.02. The predicted octanol–water partition coefficient (Wildman–Crippen LogP) is 1.03. The van der Waals surface area contributed by atoms with E-state index in [1.165, 1.54) is 4.90 Å². The van der Waals surface area contributed by atoms with E-state index in [0.29, 0.717) is 24.6 Å². The molecule has 0 bridgehead atoms. The fourth-order valence-electron chi connectivity index (χ4n) is 2.42. The lowest BCUT2D eigenvalue weighted by atomic mass is 10.1. The average molecular weight is 260 g/mol. The minimum atomic E-state index is -0.886. The largest absolute Gasteiger partial charge is 0.465 e. The quantitative estimate of drug-likeness (QED) is 0.764. The molecule has 1 aliphatic heterocycles. The second kappa shape index (κ2) is 5.14. The van der Waals surface area contributed by atoms with Crippen LogP contribution in [-0.4, -0.2) is 51.2 Å². The number of carbonyl (C=O) groups is 1. The van der Waals surface area contributed by atoms with Gasteiger partial charge in [-0.1, -0.05) is 5.92 Å². The van der Waals surface area contributed by atoms with Gasteiger partial charge in [0.1, 0.15) is 0 Å². The van der Waals surface area contributed by atoms with Crippen LogP contribution in [-0.2, 0) is 0 Å². The van der Waals surface area contributed by atoms with Gasteiger partial charge in [0.25, 0.3) is 0 Å². The molecule has 0 saturated carbocycles. The third kappa shape index (κ3) is 2.60. The lowest BCUT2D eigenvalue weighted by Gasteiger charge is -2.42. The van der Waals surface area contributed by atoms with Gasteiger partial charge in [-0.2, -0.15) is 0 Å². The molecule has 0 radical (unpaired) electrons. The van der Waals surface area contributed by atoms with Gasteiger partial charge in [-0.05, 0) is 13.8 Å². The minimum absolute atomic E-state index is 0.0999. The number of amides is 1. The smallest absolute Gasteiger partial charge is 0.407 e. The Morgan fingerprint density at radius 3 is 2.32 bits per heavy atom. The van der Waals surface area contributed by atoms with Gasteiger partial charge in [-0.15, -0.1) is 6.42 Å². The third-order valence-electron chi connectivity index (χ3n) is 3.23. The van der Waals surface area contributed by atoms with Gasteiger partial charge in [-0.25, -0.2) is 14.8 Å². The molecule has 1 saturated heterocycles. The number of hydrogen-bond donors (Lipinski definition) is 1. The van der Waals surface area contributed by atoms with Crippen molar-refractivity contribution >= 4 is 12.0 Å². The van der Waals surface area contributed by atoms with Gasteiger partial charge in [0.15, 0.2) is 0 Å². The van der Waals surface area contributed by atoms with Gasteiger partial charge < -0.3 is 10.0 Å². The molecule has 1 aliphatic rings. The molecule has 1 N–H and O–H groups in total. The van der Waals surface area contributed by atoms with Crippen molar-refractivity contribution in [3.8, 4) is 12.3 Å². The highest BCUT2D eigenvalue weighted by molar-refractivity contribution is 5.66. The van der Waals surface area contributed by atoms with Gasteiger partial charge in [0, 0.05) is 25.5 Å². The summed E-state index contributed by atoms with van der Waals surface area (Å²) in [5.74, 6) is 3.05. The molecular formula is C13H16N4O2. The zero-order valence-electron chi connectivity index (χ0n) is 10.9. The summed E-state index contributed by atoms with van der Waals surface area (Å²) < 4.78 is 0. The molecular weight excluding hydrogens is 244 g/mol. The minimum Gasteiger partial charge on any atom is -0.465 e. The summed E-state index contributed by atoms with van der Waals surface area (Å²) in [7, 11) is 0. The lowest BCUT2D eigenvalue weighted by molar-refractivity contribution is 0.0979. The molecule has 19 heavy (non-hydrogen) atoms. The molecule has 1 aromatic rings. The summed E-state index contributed by atoms with van der Waals surface area (Å²) in [6.07, 6.45) is 7.57. The van der Waals surface area contributed by atoms with Crippen LogP contribution in [0.25, 0.3) is 0 Å². The summed E-state index contributed by atoms with van der Waals surface area (Å²) >= 11 is 0. The number of nitrogens with zero attached hydrogens (tertiary/aromatic N) is 4. The van der Waals surface area contributed by atoms with Crippen molar-refractivity contribution in [1.29, 1.82) is 0 Å². The number of aromatic nitrogens is 2. The maximum absolute atomic E-state index is 11.2. The van der Waals surface area contributed by atoms with Crippen LogP contribution < -0.4 is 4.90 Å². The molecule has 1 aromatic heterocycles. The summed E-state index contributed by atoms with van der Waals surface area (Å²) in [5, 5.41) is 9.16. The van der Waals surface area contributed by atoms with Crippen molar-refractivity contribution in [3.63, 3.8) is 0 Å². The Hall–Kier alpha value is -2.29. The van der Waals surface area contributed by atoms with Crippen LogP contribution in [0.3, 0.4) is 0 Å². The Morgan fingerprint density at radius 1 is 1.37 bits per heavy atom. The zero-order valence-corrected chi connectivity index (χ0v) is 10.9. The van der Waals surface area contributed by atoms with E-state index in [0.717, 1.165) is 0 Å². The number of carboxylic acid groups (broad SMARTS) is 1. The fourth-order valence-corrected chi connectivity index (χ4v) is 2.42. The third-order valence-corrected chi connectivity index (χ3v) is 3.23. The lowest BCUT2D eigenvalue weighted by Crippen LogP contribution is -2.58. The van der Waals surface area contributed by atoms with Crippen LogP contribution in [0.4, 0.5) is 10.7 Å². The van der Waals surface area contributed by atoms with Crippen molar-refractivity contribution in [2.75, 3.05) is 18.0 Å². The second-order valence-corrected chi connectivity index (χ2v) is 4.71. The Bertz CT molecular complexity index is 496. The summed E-state index contributed by atoms with van der Waals surface area (Å²) in [6.45, 7) is 4.91. The number of anilines is 1. The van der Waals surface area contributed by atoms with Crippen molar-refractivity contribution in [2.45, 2.75) is 25.9 Å². The molecule has 0 aliphatic carbocycles. The van der Waals surface area contributed by atoms with Crippen molar-refractivity contribution < 1.29 is 9.90 Å². The van der Waals surface area contributed by atoms with Gasteiger partial charge in [0.2, 0.25) is 5.95 Å². The molecule has 0 unspecified atom stereocenters. The van der Waals surface area contributed by atoms with Gasteiger partial charge >= 0.3 is 6.09 Å². The molecule has 6 heteroatoms. The SMILES string of the molecule is C#Cc1cnc(N2C[C@@H](C)N(C(=O)O)[C@@H](C)C2)nc1. The van der Waals surface area contributed by atoms with Gasteiger partial charge in [0.05, 0.1) is 17.6 Å². The monoisotopic (exact) mass is 260 g/mol. The standard InChI is InChI=1S/C13H16N4O2/c1-4-11-5-14-12(15-6-11)16-7-9(2)17(13(18)19)10(3)8-16/h1,5-6,9-10H,7-8H2,2-3H3,(H,18,19)/t9-,10+. The van der Waals surface area contributed by atoms with E-state index in [9.17, 15) is 4.79 Å². The fraction of sp³-hybridized carbons (Fsp3) is 0.462. The van der Waals surface area contributed by atoms with E-state index < -0.39 is 6.09 Å². The van der Waals surface area contributed by atoms with E-state index in [1.807, 2.05) is 18.7 Å². The Labute approximate surface area is 112 Å². The van der Waals surface area contributed by atoms with Gasteiger partial charge in [-0.3, -0.25) is 4.90 Å². The van der Waals surface area contributed by atoms with Crippen molar-refractivity contribution in [3.05, 3.63) is 18.0 Å².